The predicted molar refractivity (Wildman–Crippen MR) is 95.4 cm³/mol. The molecule has 1 spiro atoms. The molecule has 0 N–H and O–H groups in total. The Morgan fingerprint density at radius 1 is 1.13 bits per heavy atom. The molecule has 23 heavy (non-hydrogen) atoms. The number of benzene rings is 1. The van der Waals surface area contributed by atoms with Crippen LogP contribution in [0.1, 0.15) is 50.6 Å². The van der Waals surface area contributed by atoms with Crippen LogP contribution in [0.4, 0.5) is 0 Å². The van der Waals surface area contributed by atoms with Crippen molar-refractivity contribution in [3.63, 3.8) is 0 Å². The molecule has 2 aliphatic heterocycles. The molecule has 2 fully saturated rings. The van der Waals surface area contributed by atoms with Crippen LogP contribution in [0.25, 0.3) is 0 Å². The van der Waals surface area contributed by atoms with Crippen LogP contribution in [0.2, 0.25) is 4.82 Å². The third kappa shape index (κ3) is 3.83. The summed E-state index contributed by atoms with van der Waals surface area (Å²) in [6.45, 7) is 4.02. The van der Waals surface area contributed by atoms with Crippen LogP contribution >= 0.6 is 0 Å². The predicted octanol–water partition coefficient (Wildman–Crippen LogP) is 3.13. The fourth-order valence-electron chi connectivity index (χ4n) is 3.50. The van der Waals surface area contributed by atoms with Crippen molar-refractivity contribution in [1.29, 1.82) is 0 Å². The Morgan fingerprint density at radius 2 is 1.87 bits per heavy atom. The van der Waals surface area contributed by atoms with E-state index < -0.39 is 0 Å². The average Bonchev–Trinajstić information content (AvgIpc) is 2.58. The van der Waals surface area contributed by atoms with E-state index in [4.69, 9.17) is 9.47 Å². The van der Waals surface area contributed by atoms with E-state index >= 15 is 0 Å². The minimum atomic E-state index is -0.287. The van der Waals surface area contributed by atoms with Gasteiger partial charge in [-0.2, -0.15) is 0 Å². The molecule has 3 atom stereocenters. The van der Waals surface area contributed by atoms with Crippen molar-refractivity contribution in [3.8, 4) is 0 Å². The monoisotopic (exact) mass is 383 g/mol. The molecule has 0 aromatic heterocycles. The van der Waals surface area contributed by atoms with Gasteiger partial charge in [0.05, 0.1) is 0 Å². The van der Waals surface area contributed by atoms with Crippen LogP contribution in [0, 0.1) is 0 Å². The first-order valence-corrected chi connectivity index (χ1v) is 10.7. The molecule has 3 nitrogen and oxygen atoms in total. The van der Waals surface area contributed by atoms with Gasteiger partial charge in [0, 0.05) is 0 Å². The van der Waals surface area contributed by atoms with Crippen molar-refractivity contribution in [1.82, 2.24) is 4.90 Å². The molecule has 0 unspecified atom stereocenters. The van der Waals surface area contributed by atoms with Crippen LogP contribution in [-0.2, 0) is 9.47 Å². The summed E-state index contributed by atoms with van der Waals surface area (Å²) in [7, 11) is 4.31. The first kappa shape index (κ1) is 17.4. The molecule has 2 aliphatic rings. The van der Waals surface area contributed by atoms with Crippen molar-refractivity contribution in [2.75, 3.05) is 27.3 Å². The molecular weight excluding hydrogens is 353 g/mol. The van der Waals surface area contributed by atoms with Gasteiger partial charge in [-0.1, -0.05) is 0 Å². The van der Waals surface area contributed by atoms with Crippen LogP contribution in [0.3, 0.4) is 0 Å². The summed E-state index contributed by atoms with van der Waals surface area (Å²) in [5.41, 5.74) is 1.47. The molecule has 1 aromatic carbocycles. The fourth-order valence-corrected chi connectivity index (χ4v) is 6.76. The van der Waals surface area contributed by atoms with Gasteiger partial charge in [0.15, 0.2) is 0 Å². The SMILES string of the molecule is C[C@H](c1ccccc1[Se][C@H]1CCCO[C@@]12CCCCO2)N(C)C. The van der Waals surface area contributed by atoms with Gasteiger partial charge in [-0.15, -0.1) is 0 Å². The normalized spacial score (nSPS) is 29.8. The summed E-state index contributed by atoms with van der Waals surface area (Å²) < 4.78 is 14.0. The quantitative estimate of drug-likeness (QED) is 0.747. The molecule has 2 heterocycles. The molecule has 0 amide bonds. The van der Waals surface area contributed by atoms with Gasteiger partial charge >= 0.3 is 147 Å². The van der Waals surface area contributed by atoms with E-state index in [0.717, 1.165) is 19.6 Å². The van der Waals surface area contributed by atoms with Gasteiger partial charge in [-0.3, -0.25) is 0 Å². The van der Waals surface area contributed by atoms with E-state index in [1.54, 1.807) is 0 Å². The zero-order chi connectivity index (χ0) is 16.3. The number of ether oxygens (including phenoxy) is 2. The van der Waals surface area contributed by atoms with Crippen LogP contribution in [0.5, 0.6) is 0 Å². The molecule has 4 heteroatoms. The third-order valence-corrected chi connectivity index (χ3v) is 8.28. The Labute approximate surface area is 146 Å². The first-order valence-electron chi connectivity index (χ1n) is 8.82. The maximum atomic E-state index is 6.22. The van der Waals surface area contributed by atoms with E-state index in [-0.39, 0.29) is 5.79 Å². The first-order chi connectivity index (χ1) is 11.1. The second-order valence-corrected chi connectivity index (χ2v) is 9.50. The molecule has 3 rings (SSSR count). The van der Waals surface area contributed by atoms with Crippen molar-refractivity contribution in [2.45, 2.75) is 55.7 Å². The second-order valence-electron chi connectivity index (χ2n) is 6.89. The van der Waals surface area contributed by atoms with E-state index in [1.807, 2.05) is 0 Å². The molecule has 1 aromatic rings. The second kappa shape index (κ2) is 7.67. The molecule has 2 saturated heterocycles. The molecule has 0 radical (unpaired) electrons. The Hall–Kier alpha value is -0.381. The van der Waals surface area contributed by atoms with Gasteiger partial charge < -0.3 is 0 Å². The van der Waals surface area contributed by atoms with E-state index in [1.165, 1.54) is 35.7 Å². The van der Waals surface area contributed by atoms with E-state index in [2.05, 4.69) is 50.2 Å². The van der Waals surface area contributed by atoms with Gasteiger partial charge in [-0.25, -0.2) is 0 Å². The molecule has 0 bridgehead atoms. The van der Waals surface area contributed by atoms with Crippen molar-refractivity contribution in [2.24, 2.45) is 0 Å². The topological polar surface area (TPSA) is 21.7 Å². The molecule has 128 valence electrons. The molecule has 0 aliphatic carbocycles. The third-order valence-electron chi connectivity index (χ3n) is 5.13. The van der Waals surface area contributed by atoms with Crippen LogP contribution in [0.15, 0.2) is 24.3 Å². The van der Waals surface area contributed by atoms with Gasteiger partial charge in [0.25, 0.3) is 0 Å². The maximum absolute atomic E-state index is 6.22. The van der Waals surface area contributed by atoms with Crippen molar-refractivity contribution < 1.29 is 9.47 Å². The summed E-state index contributed by atoms with van der Waals surface area (Å²) in [6, 6.07) is 9.40. The fraction of sp³-hybridized carbons (Fsp3) is 0.684. The Bertz CT molecular complexity index is 506. The van der Waals surface area contributed by atoms with Gasteiger partial charge in [0.1, 0.15) is 0 Å². The molecule has 0 saturated carbocycles. The van der Waals surface area contributed by atoms with Gasteiger partial charge in [-0.05, 0) is 0 Å². The molecular formula is C19H29NO2Se. The zero-order valence-electron chi connectivity index (χ0n) is 14.6. The van der Waals surface area contributed by atoms with Crippen LogP contribution < -0.4 is 4.46 Å². The number of hydrogen-bond acceptors (Lipinski definition) is 3. The Balaban J connectivity index is 1.82. The zero-order valence-corrected chi connectivity index (χ0v) is 16.3. The summed E-state index contributed by atoms with van der Waals surface area (Å²) in [4.78, 5) is 2.83. The van der Waals surface area contributed by atoms with Crippen molar-refractivity contribution in [3.05, 3.63) is 29.8 Å². The standard InChI is InChI=1S/C19H29NO2Se/c1-15(20(2)3)16-9-4-5-10-17(16)23-18-11-8-14-22-19(18)12-6-7-13-21-19/h4-5,9-10,15,18H,6-8,11-14H2,1-3H3/t15-,18+,19+/m1/s1. The summed E-state index contributed by atoms with van der Waals surface area (Å²) in [5, 5.41) is 0. The summed E-state index contributed by atoms with van der Waals surface area (Å²) in [6.07, 6.45) is 5.90. The van der Waals surface area contributed by atoms with Crippen molar-refractivity contribution >= 4 is 19.4 Å². The number of rotatable bonds is 4. The Morgan fingerprint density at radius 3 is 2.57 bits per heavy atom. The minimum absolute atomic E-state index is 0.287. The number of nitrogens with zero attached hydrogens (tertiary/aromatic N) is 1. The number of hydrogen-bond donors (Lipinski definition) is 0. The Kier molecular flexibility index (Phi) is 5.82. The van der Waals surface area contributed by atoms with E-state index in [9.17, 15) is 0 Å². The summed E-state index contributed by atoms with van der Waals surface area (Å²) >= 11 is 0.388. The van der Waals surface area contributed by atoms with E-state index in [0.29, 0.717) is 25.8 Å². The average molecular weight is 382 g/mol. The summed E-state index contributed by atoms with van der Waals surface area (Å²) in [5.74, 6) is -0.287. The van der Waals surface area contributed by atoms with Crippen LogP contribution in [-0.4, -0.2) is 53.0 Å². The van der Waals surface area contributed by atoms with Gasteiger partial charge in [0.2, 0.25) is 0 Å².